The number of carbonyl (C=O) groups is 1. The van der Waals surface area contributed by atoms with Gasteiger partial charge in [-0.25, -0.2) is 4.98 Å². The van der Waals surface area contributed by atoms with Crippen molar-refractivity contribution in [3.63, 3.8) is 0 Å². The lowest BCUT2D eigenvalue weighted by molar-refractivity contribution is 0.0951. The van der Waals surface area contributed by atoms with E-state index in [1.54, 1.807) is 31.5 Å². The molecule has 2 aromatic rings. The minimum Gasteiger partial charge on any atom is -0.496 e. The molecule has 2 heterocycles. The molecule has 0 bridgehead atoms. The molecule has 3 rings (SSSR count). The van der Waals surface area contributed by atoms with Crippen LogP contribution in [0.2, 0.25) is 0 Å². The molecule has 1 amide bonds. The third-order valence-electron chi connectivity index (χ3n) is 4.01. The molecular formula is C18H20BrN3O3. The molecule has 1 aromatic heterocycles. The SMILES string of the molecule is COc1ccc(C(=O)NCc2ccnc(N3CCOCC3)c2)cc1Br. The van der Waals surface area contributed by atoms with Crippen molar-refractivity contribution in [1.82, 2.24) is 10.3 Å². The third kappa shape index (κ3) is 4.49. The molecule has 1 aliphatic rings. The summed E-state index contributed by atoms with van der Waals surface area (Å²) in [6.07, 6.45) is 1.77. The number of nitrogens with zero attached hydrogens (tertiary/aromatic N) is 2. The average molecular weight is 406 g/mol. The van der Waals surface area contributed by atoms with Crippen LogP contribution in [0.15, 0.2) is 41.0 Å². The Hall–Kier alpha value is -2.12. The molecule has 0 spiro atoms. The first kappa shape index (κ1) is 17.7. The van der Waals surface area contributed by atoms with Crippen LogP contribution in [0, 0.1) is 0 Å². The lowest BCUT2D eigenvalue weighted by Crippen LogP contribution is -2.36. The van der Waals surface area contributed by atoms with Crippen LogP contribution < -0.4 is 15.0 Å². The molecule has 0 atom stereocenters. The number of benzene rings is 1. The quantitative estimate of drug-likeness (QED) is 0.827. The number of ether oxygens (including phenoxy) is 2. The average Bonchev–Trinajstić information content (AvgIpc) is 2.67. The second kappa shape index (κ2) is 8.31. The number of aromatic nitrogens is 1. The van der Waals surface area contributed by atoms with Gasteiger partial charge < -0.3 is 19.7 Å². The van der Waals surface area contributed by atoms with E-state index in [1.165, 1.54) is 0 Å². The Morgan fingerprint density at radius 2 is 2.12 bits per heavy atom. The molecule has 25 heavy (non-hydrogen) atoms. The molecule has 0 radical (unpaired) electrons. The summed E-state index contributed by atoms with van der Waals surface area (Å²) in [5.74, 6) is 1.48. The number of halogens is 1. The molecule has 1 N–H and O–H groups in total. The number of anilines is 1. The van der Waals surface area contributed by atoms with Crippen molar-refractivity contribution in [2.75, 3.05) is 38.3 Å². The molecule has 7 heteroatoms. The van der Waals surface area contributed by atoms with Gasteiger partial charge in [0.15, 0.2) is 0 Å². The fraction of sp³-hybridized carbons (Fsp3) is 0.333. The summed E-state index contributed by atoms with van der Waals surface area (Å²) in [6, 6.07) is 9.18. The smallest absolute Gasteiger partial charge is 0.251 e. The largest absolute Gasteiger partial charge is 0.496 e. The summed E-state index contributed by atoms with van der Waals surface area (Å²) < 4.78 is 11.3. The Kier molecular flexibility index (Phi) is 5.88. The van der Waals surface area contributed by atoms with E-state index in [1.807, 2.05) is 12.1 Å². The first-order valence-electron chi connectivity index (χ1n) is 8.07. The molecule has 1 saturated heterocycles. The van der Waals surface area contributed by atoms with E-state index in [-0.39, 0.29) is 5.91 Å². The predicted molar refractivity (Wildman–Crippen MR) is 99.1 cm³/mol. The standard InChI is InChI=1S/C18H20BrN3O3/c1-24-16-3-2-14(11-15(16)19)18(23)21-12-13-4-5-20-17(10-13)22-6-8-25-9-7-22/h2-5,10-11H,6-9,12H2,1H3,(H,21,23). The van der Waals surface area contributed by atoms with Gasteiger partial charge in [0.05, 0.1) is 24.8 Å². The van der Waals surface area contributed by atoms with E-state index in [0.717, 1.165) is 42.2 Å². The number of rotatable bonds is 5. The first-order valence-corrected chi connectivity index (χ1v) is 8.86. The number of pyridine rings is 1. The van der Waals surface area contributed by atoms with Gasteiger partial charge in [0, 0.05) is 31.4 Å². The molecule has 6 nitrogen and oxygen atoms in total. The van der Waals surface area contributed by atoms with Gasteiger partial charge in [-0.2, -0.15) is 0 Å². The van der Waals surface area contributed by atoms with Gasteiger partial charge >= 0.3 is 0 Å². The van der Waals surface area contributed by atoms with Crippen LogP contribution in [0.5, 0.6) is 5.75 Å². The van der Waals surface area contributed by atoms with Crippen molar-refractivity contribution in [2.45, 2.75) is 6.54 Å². The normalized spacial score (nSPS) is 14.2. The summed E-state index contributed by atoms with van der Waals surface area (Å²) in [5, 5.41) is 2.94. The number of nitrogens with one attached hydrogen (secondary N) is 1. The van der Waals surface area contributed by atoms with Crippen LogP contribution in [0.1, 0.15) is 15.9 Å². The highest BCUT2D eigenvalue weighted by molar-refractivity contribution is 9.10. The fourth-order valence-corrected chi connectivity index (χ4v) is 3.17. The number of hydrogen-bond donors (Lipinski definition) is 1. The lowest BCUT2D eigenvalue weighted by atomic mass is 10.2. The number of carbonyl (C=O) groups excluding carboxylic acids is 1. The molecule has 1 aromatic carbocycles. The van der Waals surface area contributed by atoms with Gasteiger partial charge in [-0.15, -0.1) is 0 Å². The molecule has 0 saturated carbocycles. The maximum Gasteiger partial charge on any atom is 0.251 e. The van der Waals surface area contributed by atoms with Gasteiger partial charge in [-0.3, -0.25) is 4.79 Å². The number of morpholine rings is 1. The van der Waals surface area contributed by atoms with Crippen LogP contribution >= 0.6 is 15.9 Å². The maximum atomic E-state index is 12.3. The maximum absolute atomic E-state index is 12.3. The van der Waals surface area contributed by atoms with Gasteiger partial charge in [0.2, 0.25) is 0 Å². The van der Waals surface area contributed by atoms with Crippen molar-refractivity contribution in [2.24, 2.45) is 0 Å². The van der Waals surface area contributed by atoms with Gasteiger partial charge in [-0.1, -0.05) is 0 Å². The zero-order chi connectivity index (χ0) is 17.6. The Labute approximate surface area is 155 Å². The molecule has 0 aliphatic carbocycles. The van der Waals surface area contributed by atoms with E-state index in [0.29, 0.717) is 17.9 Å². The number of methoxy groups -OCH3 is 1. The van der Waals surface area contributed by atoms with Crippen molar-refractivity contribution in [1.29, 1.82) is 0 Å². The van der Waals surface area contributed by atoms with Gasteiger partial charge in [-0.05, 0) is 51.8 Å². The molecular weight excluding hydrogens is 386 g/mol. The highest BCUT2D eigenvalue weighted by Gasteiger charge is 2.13. The summed E-state index contributed by atoms with van der Waals surface area (Å²) in [5.41, 5.74) is 1.59. The van der Waals surface area contributed by atoms with Gasteiger partial charge in [0.1, 0.15) is 11.6 Å². The highest BCUT2D eigenvalue weighted by Crippen LogP contribution is 2.25. The van der Waals surface area contributed by atoms with Crippen molar-refractivity contribution < 1.29 is 14.3 Å². The molecule has 1 fully saturated rings. The van der Waals surface area contributed by atoms with Crippen LogP contribution in [-0.4, -0.2) is 44.3 Å². The summed E-state index contributed by atoms with van der Waals surface area (Å²) in [4.78, 5) is 18.9. The monoisotopic (exact) mass is 405 g/mol. The van der Waals surface area contributed by atoms with Crippen LogP contribution in [0.3, 0.4) is 0 Å². The Morgan fingerprint density at radius 1 is 1.32 bits per heavy atom. The highest BCUT2D eigenvalue weighted by atomic mass is 79.9. The second-order valence-electron chi connectivity index (χ2n) is 5.65. The molecule has 132 valence electrons. The zero-order valence-electron chi connectivity index (χ0n) is 14.0. The van der Waals surface area contributed by atoms with Crippen molar-refractivity contribution in [3.05, 3.63) is 52.1 Å². The Morgan fingerprint density at radius 3 is 2.84 bits per heavy atom. The summed E-state index contributed by atoms with van der Waals surface area (Å²) in [7, 11) is 1.59. The second-order valence-corrected chi connectivity index (χ2v) is 6.51. The minimum absolute atomic E-state index is 0.131. The zero-order valence-corrected chi connectivity index (χ0v) is 15.6. The van der Waals surface area contributed by atoms with E-state index in [4.69, 9.17) is 9.47 Å². The molecule has 1 aliphatic heterocycles. The summed E-state index contributed by atoms with van der Waals surface area (Å²) >= 11 is 3.40. The van der Waals surface area contributed by atoms with Crippen LogP contribution in [0.25, 0.3) is 0 Å². The Bertz CT molecular complexity index is 748. The lowest BCUT2D eigenvalue weighted by Gasteiger charge is -2.28. The van der Waals surface area contributed by atoms with Crippen molar-refractivity contribution >= 4 is 27.7 Å². The number of amides is 1. The van der Waals surface area contributed by atoms with E-state index < -0.39 is 0 Å². The van der Waals surface area contributed by atoms with Crippen LogP contribution in [0.4, 0.5) is 5.82 Å². The van der Waals surface area contributed by atoms with E-state index in [9.17, 15) is 4.79 Å². The predicted octanol–water partition coefficient (Wildman–Crippen LogP) is 2.62. The topological polar surface area (TPSA) is 63.7 Å². The van der Waals surface area contributed by atoms with Crippen molar-refractivity contribution in [3.8, 4) is 5.75 Å². The number of hydrogen-bond acceptors (Lipinski definition) is 5. The minimum atomic E-state index is -0.131. The summed E-state index contributed by atoms with van der Waals surface area (Å²) in [6.45, 7) is 3.55. The van der Waals surface area contributed by atoms with E-state index in [2.05, 4.69) is 31.1 Å². The first-order chi connectivity index (χ1) is 12.2. The third-order valence-corrected chi connectivity index (χ3v) is 4.63. The van der Waals surface area contributed by atoms with Crippen LogP contribution in [-0.2, 0) is 11.3 Å². The van der Waals surface area contributed by atoms with E-state index >= 15 is 0 Å². The fourth-order valence-electron chi connectivity index (χ4n) is 2.63. The Balaban J connectivity index is 1.63. The van der Waals surface area contributed by atoms with Gasteiger partial charge in [0.25, 0.3) is 5.91 Å². The molecule has 0 unspecified atom stereocenters.